The number of benzene rings is 2. The van der Waals surface area contributed by atoms with Crippen molar-refractivity contribution in [2.75, 3.05) is 28.4 Å². The molecule has 2 heterocycles. The second kappa shape index (κ2) is 8.35. The number of aliphatic imine (C=N–C) groups is 1. The van der Waals surface area contributed by atoms with Crippen LogP contribution < -0.4 is 24.3 Å². The Morgan fingerprint density at radius 3 is 2.26 bits per heavy atom. The van der Waals surface area contributed by atoms with Crippen molar-refractivity contribution in [3.63, 3.8) is 0 Å². The summed E-state index contributed by atoms with van der Waals surface area (Å²) in [7, 11) is 6.13. The third-order valence-electron chi connectivity index (χ3n) is 4.84. The number of ether oxygens (including phenoxy) is 4. The molecule has 0 aliphatic carbocycles. The molecule has 0 bridgehead atoms. The van der Waals surface area contributed by atoms with Gasteiger partial charge >= 0.3 is 0 Å². The van der Waals surface area contributed by atoms with E-state index in [2.05, 4.69) is 15.3 Å². The molecule has 1 aliphatic heterocycles. The first kappa shape index (κ1) is 20.2. The van der Waals surface area contributed by atoms with E-state index in [4.69, 9.17) is 18.9 Å². The molecule has 0 fully saturated rings. The maximum Gasteiger partial charge on any atom is 0.275 e. The fraction of sp³-hybridized carbons (Fsp3) is 0.174. The molecule has 0 radical (unpaired) electrons. The van der Waals surface area contributed by atoms with E-state index in [0.717, 1.165) is 10.9 Å². The molecule has 8 nitrogen and oxygen atoms in total. The minimum absolute atomic E-state index is 0.235. The van der Waals surface area contributed by atoms with Crippen LogP contribution in [0.15, 0.2) is 53.2 Å². The van der Waals surface area contributed by atoms with Gasteiger partial charge in [-0.15, -0.1) is 0 Å². The average Bonchev–Trinajstić information content (AvgIpc) is 3.17. The number of nitrogens with zero attached hydrogens (tertiary/aromatic N) is 2. The SMILES string of the molecule is COc1cc(C2=NC(=Cc3cc4ccccc4nc3OC)C(=O)N2)cc(OC)c1OC. The van der Waals surface area contributed by atoms with Gasteiger partial charge in [-0.3, -0.25) is 4.79 Å². The molecular weight excluding hydrogens is 398 g/mol. The van der Waals surface area contributed by atoms with Gasteiger partial charge in [-0.05, 0) is 30.3 Å². The molecule has 8 heteroatoms. The van der Waals surface area contributed by atoms with Crippen LogP contribution >= 0.6 is 0 Å². The summed E-state index contributed by atoms with van der Waals surface area (Å²) in [6.45, 7) is 0. The second-order valence-corrected chi connectivity index (χ2v) is 6.64. The highest BCUT2D eigenvalue weighted by Crippen LogP contribution is 2.38. The van der Waals surface area contributed by atoms with E-state index in [0.29, 0.717) is 40.1 Å². The Labute approximate surface area is 179 Å². The second-order valence-electron chi connectivity index (χ2n) is 6.64. The molecule has 0 saturated heterocycles. The number of nitrogens with one attached hydrogen (secondary N) is 1. The maximum absolute atomic E-state index is 12.6. The van der Waals surface area contributed by atoms with E-state index in [-0.39, 0.29) is 11.6 Å². The van der Waals surface area contributed by atoms with Gasteiger partial charge < -0.3 is 24.3 Å². The first-order chi connectivity index (χ1) is 15.1. The summed E-state index contributed by atoms with van der Waals surface area (Å²) in [5.74, 6) is 1.84. The number of amidine groups is 1. The summed E-state index contributed by atoms with van der Waals surface area (Å²) in [6.07, 6.45) is 1.65. The molecule has 1 amide bonds. The van der Waals surface area contributed by atoms with Crippen LogP contribution in [0.4, 0.5) is 0 Å². The lowest BCUT2D eigenvalue weighted by Crippen LogP contribution is -2.24. The van der Waals surface area contributed by atoms with E-state index < -0.39 is 0 Å². The summed E-state index contributed by atoms with van der Waals surface area (Å²) < 4.78 is 21.5. The summed E-state index contributed by atoms with van der Waals surface area (Å²) >= 11 is 0. The molecule has 1 N–H and O–H groups in total. The van der Waals surface area contributed by atoms with E-state index in [9.17, 15) is 4.79 Å². The van der Waals surface area contributed by atoms with Gasteiger partial charge in [0.05, 0.1) is 34.0 Å². The normalized spacial score (nSPS) is 14.4. The summed E-state index contributed by atoms with van der Waals surface area (Å²) in [4.78, 5) is 21.6. The number of carbonyl (C=O) groups excluding carboxylic acids is 1. The largest absolute Gasteiger partial charge is 0.493 e. The number of amides is 1. The van der Waals surface area contributed by atoms with Crippen LogP contribution in [-0.4, -0.2) is 45.2 Å². The van der Waals surface area contributed by atoms with Gasteiger partial charge in [-0.1, -0.05) is 18.2 Å². The number of fused-ring (bicyclic) bond motifs is 1. The monoisotopic (exact) mass is 419 g/mol. The number of carbonyl (C=O) groups is 1. The van der Waals surface area contributed by atoms with E-state index in [1.54, 1.807) is 25.3 Å². The summed E-state index contributed by atoms with van der Waals surface area (Å²) in [5.41, 5.74) is 2.31. The zero-order valence-electron chi connectivity index (χ0n) is 17.6. The van der Waals surface area contributed by atoms with Gasteiger partial charge in [0.15, 0.2) is 11.5 Å². The maximum atomic E-state index is 12.6. The highest BCUT2D eigenvalue weighted by atomic mass is 16.5. The van der Waals surface area contributed by atoms with Crippen molar-refractivity contribution in [3.8, 4) is 23.1 Å². The van der Waals surface area contributed by atoms with Gasteiger partial charge in [0, 0.05) is 16.5 Å². The van der Waals surface area contributed by atoms with Crippen molar-refractivity contribution in [2.24, 2.45) is 4.99 Å². The van der Waals surface area contributed by atoms with Crippen molar-refractivity contribution >= 4 is 28.7 Å². The Kier molecular flexibility index (Phi) is 5.44. The molecule has 3 aromatic rings. The first-order valence-electron chi connectivity index (χ1n) is 9.43. The van der Waals surface area contributed by atoms with E-state index in [1.807, 2.05) is 30.3 Å². The van der Waals surface area contributed by atoms with Crippen LogP contribution in [0.1, 0.15) is 11.1 Å². The molecule has 31 heavy (non-hydrogen) atoms. The molecule has 1 aliphatic rings. The highest BCUT2D eigenvalue weighted by Gasteiger charge is 2.24. The molecule has 1 aromatic heterocycles. The first-order valence-corrected chi connectivity index (χ1v) is 9.43. The highest BCUT2D eigenvalue weighted by molar-refractivity contribution is 6.20. The Bertz CT molecular complexity index is 1210. The number of aromatic nitrogens is 1. The fourth-order valence-electron chi connectivity index (χ4n) is 3.35. The van der Waals surface area contributed by atoms with Gasteiger partial charge in [-0.25, -0.2) is 9.98 Å². The van der Waals surface area contributed by atoms with Crippen molar-refractivity contribution in [1.82, 2.24) is 10.3 Å². The lowest BCUT2D eigenvalue weighted by atomic mass is 10.1. The van der Waals surface area contributed by atoms with E-state index >= 15 is 0 Å². The molecule has 0 atom stereocenters. The molecule has 4 rings (SSSR count). The zero-order valence-corrected chi connectivity index (χ0v) is 17.6. The third kappa shape index (κ3) is 3.75. The van der Waals surface area contributed by atoms with Gasteiger partial charge in [-0.2, -0.15) is 0 Å². The lowest BCUT2D eigenvalue weighted by molar-refractivity contribution is -0.115. The minimum atomic E-state index is -0.334. The van der Waals surface area contributed by atoms with Crippen LogP contribution in [0.2, 0.25) is 0 Å². The molecular formula is C23H21N3O5. The Morgan fingerprint density at radius 2 is 1.61 bits per heavy atom. The van der Waals surface area contributed by atoms with Gasteiger partial charge in [0.1, 0.15) is 11.5 Å². The van der Waals surface area contributed by atoms with Gasteiger partial charge in [0.25, 0.3) is 5.91 Å². The molecule has 0 unspecified atom stereocenters. The van der Waals surface area contributed by atoms with Crippen molar-refractivity contribution < 1.29 is 23.7 Å². The van der Waals surface area contributed by atoms with Crippen LogP contribution in [0.25, 0.3) is 17.0 Å². The average molecular weight is 419 g/mol. The van der Waals surface area contributed by atoms with Crippen LogP contribution in [0, 0.1) is 0 Å². The standard InChI is InChI=1S/C23H21N3O5/c1-28-18-11-14(12-19(29-2)20(18)30-3)21-24-17(22(27)26-21)10-15-9-13-7-5-6-8-16(13)25-23(15)31-4/h5-12H,1-4H3,(H,24,26,27). The van der Waals surface area contributed by atoms with Crippen LogP contribution in [0.3, 0.4) is 0 Å². The molecule has 0 spiro atoms. The van der Waals surface area contributed by atoms with Crippen LogP contribution in [-0.2, 0) is 4.79 Å². The van der Waals surface area contributed by atoms with E-state index in [1.165, 1.54) is 21.3 Å². The van der Waals surface area contributed by atoms with Crippen LogP contribution in [0.5, 0.6) is 23.1 Å². The predicted molar refractivity (Wildman–Crippen MR) is 117 cm³/mol. The Morgan fingerprint density at radius 1 is 0.903 bits per heavy atom. The number of para-hydroxylation sites is 1. The van der Waals surface area contributed by atoms with Crippen molar-refractivity contribution in [1.29, 1.82) is 0 Å². The Balaban J connectivity index is 1.77. The number of pyridine rings is 1. The number of rotatable bonds is 6. The topological polar surface area (TPSA) is 91.3 Å². The Hall–Kier alpha value is -4.07. The smallest absolute Gasteiger partial charge is 0.275 e. The molecule has 158 valence electrons. The van der Waals surface area contributed by atoms with Gasteiger partial charge in [0.2, 0.25) is 11.6 Å². The fourth-order valence-corrected chi connectivity index (χ4v) is 3.35. The predicted octanol–water partition coefficient (Wildman–Crippen LogP) is 3.19. The quantitative estimate of drug-likeness (QED) is 0.617. The number of hydrogen-bond donors (Lipinski definition) is 1. The molecule has 2 aromatic carbocycles. The van der Waals surface area contributed by atoms with Crippen molar-refractivity contribution in [3.05, 3.63) is 59.3 Å². The third-order valence-corrected chi connectivity index (χ3v) is 4.84. The summed E-state index contributed by atoms with van der Waals surface area (Å²) in [5, 5.41) is 3.72. The zero-order chi connectivity index (χ0) is 22.0. The minimum Gasteiger partial charge on any atom is -0.493 e. The molecule has 0 saturated carbocycles. The van der Waals surface area contributed by atoms with Crippen molar-refractivity contribution in [2.45, 2.75) is 0 Å². The summed E-state index contributed by atoms with van der Waals surface area (Å²) in [6, 6.07) is 13.0. The lowest BCUT2D eigenvalue weighted by Gasteiger charge is -2.13. The number of hydrogen-bond acceptors (Lipinski definition) is 7. The number of methoxy groups -OCH3 is 4.